The van der Waals surface area contributed by atoms with Crippen LogP contribution in [0.3, 0.4) is 0 Å². The molecular weight excluding hydrogens is 308 g/mol. The number of carbonyl (C=O) groups excluding carboxylic acids is 2. The van der Waals surface area contributed by atoms with Gasteiger partial charge in [-0.15, -0.1) is 0 Å². The number of ether oxygens (including phenoxy) is 2. The maximum absolute atomic E-state index is 12.6. The normalized spacial score (nSPS) is 14.2. The molecule has 0 saturated carbocycles. The van der Waals surface area contributed by atoms with Crippen molar-refractivity contribution in [1.29, 1.82) is 0 Å². The summed E-state index contributed by atoms with van der Waals surface area (Å²) in [5.74, 6) is 1.06. The maximum Gasteiger partial charge on any atom is 0.254 e. The van der Waals surface area contributed by atoms with E-state index < -0.39 is 0 Å². The van der Waals surface area contributed by atoms with E-state index in [0.717, 1.165) is 5.57 Å². The Kier molecular flexibility index (Phi) is 5.84. The summed E-state index contributed by atoms with van der Waals surface area (Å²) in [6.45, 7) is 5.93. The molecule has 1 saturated heterocycles. The first-order valence-electron chi connectivity index (χ1n) is 7.91. The molecule has 0 N–H and O–H groups in total. The molecule has 6 nitrogen and oxygen atoms in total. The minimum Gasteiger partial charge on any atom is -0.493 e. The van der Waals surface area contributed by atoms with Crippen LogP contribution in [0.4, 0.5) is 0 Å². The molecule has 0 atom stereocenters. The number of rotatable bonds is 4. The Morgan fingerprint density at radius 2 is 1.54 bits per heavy atom. The van der Waals surface area contributed by atoms with E-state index in [-0.39, 0.29) is 11.8 Å². The zero-order valence-electron chi connectivity index (χ0n) is 14.7. The van der Waals surface area contributed by atoms with Crippen LogP contribution in [0, 0.1) is 0 Å². The first-order valence-corrected chi connectivity index (χ1v) is 7.91. The Morgan fingerprint density at radius 3 is 2.08 bits per heavy atom. The molecule has 1 heterocycles. The topological polar surface area (TPSA) is 59.1 Å². The van der Waals surface area contributed by atoms with Crippen molar-refractivity contribution >= 4 is 11.8 Å². The largest absolute Gasteiger partial charge is 0.493 e. The zero-order chi connectivity index (χ0) is 17.7. The molecule has 2 rings (SSSR count). The number of piperazine rings is 1. The Bertz CT molecular complexity index is 642. The lowest BCUT2D eigenvalue weighted by Crippen LogP contribution is -2.50. The fourth-order valence-corrected chi connectivity index (χ4v) is 2.62. The molecule has 130 valence electrons. The van der Waals surface area contributed by atoms with E-state index in [1.165, 1.54) is 0 Å². The summed E-state index contributed by atoms with van der Waals surface area (Å²) < 4.78 is 10.4. The summed E-state index contributed by atoms with van der Waals surface area (Å²) in [5, 5.41) is 0. The number of carbonyl (C=O) groups is 2. The van der Waals surface area contributed by atoms with E-state index in [1.807, 2.05) is 13.8 Å². The lowest BCUT2D eigenvalue weighted by atomic mass is 10.1. The van der Waals surface area contributed by atoms with Gasteiger partial charge >= 0.3 is 0 Å². The fraction of sp³-hybridized carbons (Fsp3) is 0.444. The summed E-state index contributed by atoms with van der Waals surface area (Å²) in [5.41, 5.74) is 1.53. The zero-order valence-corrected chi connectivity index (χ0v) is 14.7. The SMILES string of the molecule is COc1ccc(C(=O)N2CCN(C(=O)C=C(C)C)CC2)cc1OC. The molecule has 1 aliphatic rings. The van der Waals surface area contributed by atoms with E-state index in [9.17, 15) is 9.59 Å². The van der Waals surface area contributed by atoms with Crippen molar-refractivity contribution in [3.8, 4) is 11.5 Å². The van der Waals surface area contributed by atoms with Crippen molar-refractivity contribution in [3.63, 3.8) is 0 Å². The van der Waals surface area contributed by atoms with Gasteiger partial charge in [-0.3, -0.25) is 9.59 Å². The summed E-state index contributed by atoms with van der Waals surface area (Å²) in [6, 6.07) is 5.13. The third-order valence-electron chi connectivity index (χ3n) is 3.92. The van der Waals surface area contributed by atoms with Crippen LogP contribution in [0.1, 0.15) is 24.2 Å². The molecule has 0 radical (unpaired) electrons. The quantitative estimate of drug-likeness (QED) is 0.791. The van der Waals surface area contributed by atoms with Gasteiger partial charge in [0.05, 0.1) is 14.2 Å². The van der Waals surface area contributed by atoms with E-state index in [4.69, 9.17) is 9.47 Å². The smallest absolute Gasteiger partial charge is 0.254 e. The molecule has 0 aromatic heterocycles. The number of benzene rings is 1. The van der Waals surface area contributed by atoms with Crippen molar-refractivity contribution in [2.45, 2.75) is 13.8 Å². The summed E-state index contributed by atoms with van der Waals surface area (Å²) in [7, 11) is 3.10. The second kappa shape index (κ2) is 7.86. The maximum atomic E-state index is 12.6. The Morgan fingerprint density at radius 1 is 0.958 bits per heavy atom. The van der Waals surface area contributed by atoms with Crippen molar-refractivity contribution in [2.24, 2.45) is 0 Å². The van der Waals surface area contributed by atoms with Gasteiger partial charge in [0.1, 0.15) is 0 Å². The lowest BCUT2D eigenvalue weighted by molar-refractivity contribution is -0.127. The predicted octanol–water partition coefficient (Wildman–Crippen LogP) is 1.95. The van der Waals surface area contributed by atoms with Crippen molar-refractivity contribution in [2.75, 3.05) is 40.4 Å². The van der Waals surface area contributed by atoms with Crippen molar-refractivity contribution < 1.29 is 19.1 Å². The third-order valence-corrected chi connectivity index (χ3v) is 3.92. The average Bonchev–Trinajstić information content (AvgIpc) is 2.60. The molecule has 0 bridgehead atoms. The second-order valence-electron chi connectivity index (χ2n) is 5.91. The minimum absolute atomic E-state index is 0.00761. The van der Waals surface area contributed by atoms with E-state index in [2.05, 4.69) is 0 Å². The molecule has 1 fully saturated rings. The van der Waals surface area contributed by atoms with Gasteiger partial charge in [0.2, 0.25) is 5.91 Å². The monoisotopic (exact) mass is 332 g/mol. The van der Waals surface area contributed by atoms with Crippen LogP contribution >= 0.6 is 0 Å². The first-order chi connectivity index (χ1) is 11.5. The molecule has 0 unspecified atom stereocenters. The summed E-state index contributed by atoms with van der Waals surface area (Å²) >= 11 is 0. The van der Waals surface area contributed by atoms with Crippen LogP contribution in [0.5, 0.6) is 11.5 Å². The van der Waals surface area contributed by atoms with Gasteiger partial charge in [0, 0.05) is 37.8 Å². The second-order valence-corrected chi connectivity index (χ2v) is 5.91. The van der Waals surface area contributed by atoms with E-state index in [1.54, 1.807) is 48.3 Å². The third kappa shape index (κ3) is 4.07. The number of amides is 2. The number of nitrogens with zero attached hydrogens (tertiary/aromatic N) is 2. The minimum atomic E-state index is -0.0646. The van der Waals surface area contributed by atoms with Gasteiger partial charge in [0.25, 0.3) is 5.91 Å². The highest BCUT2D eigenvalue weighted by Crippen LogP contribution is 2.28. The van der Waals surface area contributed by atoms with Crippen molar-refractivity contribution in [3.05, 3.63) is 35.4 Å². The van der Waals surface area contributed by atoms with Gasteiger partial charge in [-0.25, -0.2) is 0 Å². The van der Waals surface area contributed by atoms with Crippen LogP contribution in [0.25, 0.3) is 0 Å². The summed E-state index contributed by atoms with van der Waals surface area (Å²) in [6.07, 6.45) is 1.63. The molecule has 1 aromatic carbocycles. The molecular formula is C18H24N2O4. The van der Waals surface area contributed by atoms with Gasteiger partial charge in [-0.1, -0.05) is 5.57 Å². The van der Waals surface area contributed by atoms with Crippen LogP contribution in [0.15, 0.2) is 29.8 Å². The van der Waals surface area contributed by atoms with E-state index in [0.29, 0.717) is 43.2 Å². The molecule has 24 heavy (non-hydrogen) atoms. The van der Waals surface area contributed by atoms with E-state index >= 15 is 0 Å². The number of hydrogen-bond donors (Lipinski definition) is 0. The summed E-state index contributed by atoms with van der Waals surface area (Å²) in [4.78, 5) is 28.2. The first kappa shape index (κ1) is 17.8. The molecule has 2 amide bonds. The van der Waals surface area contributed by atoms with Crippen molar-refractivity contribution in [1.82, 2.24) is 9.80 Å². The number of hydrogen-bond acceptors (Lipinski definition) is 4. The van der Waals surface area contributed by atoms with Crippen LogP contribution in [-0.4, -0.2) is 62.0 Å². The fourth-order valence-electron chi connectivity index (χ4n) is 2.62. The average molecular weight is 332 g/mol. The molecule has 1 aromatic rings. The van der Waals surface area contributed by atoms with Gasteiger partial charge in [-0.2, -0.15) is 0 Å². The van der Waals surface area contributed by atoms with Gasteiger partial charge < -0.3 is 19.3 Å². The highest BCUT2D eigenvalue weighted by Gasteiger charge is 2.24. The lowest BCUT2D eigenvalue weighted by Gasteiger charge is -2.34. The Hall–Kier alpha value is -2.50. The predicted molar refractivity (Wildman–Crippen MR) is 91.5 cm³/mol. The Balaban J connectivity index is 2.03. The van der Waals surface area contributed by atoms with Gasteiger partial charge in [-0.05, 0) is 32.0 Å². The van der Waals surface area contributed by atoms with Crippen LogP contribution in [-0.2, 0) is 4.79 Å². The Labute approximate surface area is 142 Å². The standard InChI is InChI=1S/C18H24N2O4/c1-13(2)11-17(21)19-7-9-20(10-8-19)18(22)14-5-6-15(23-3)16(12-14)24-4/h5-6,11-12H,7-10H2,1-4H3. The molecule has 0 spiro atoms. The molecule has 1 aliphatic heterocycles. The van der Waals surface area contributed by atoms with Crippen LogP contribution in [0.2, 0.25) is 0 Å². The highest BCUT2D eigenvalue weighted by atomic mass is 16.5. The van der Waals surface area contributed by atoms with Crippen LogP contribution < -0.4 is 9.47 Å². The number of methoxy groups -OCH3 is 2. The highest BCUT2D eigenvalue weighted by molar-refractivity contribution is 5.95. The molecule has 0 aliphatic carbocycles. The van der Waals surface area contributed by atoms with Gasteiger partial charge in [0.15, 0.2) is 11.5 Å². The molecule has 6 heteroatoms. The number of allylic oxidation sites excluding steroid dienone is 1.